The van der Waals surface area contributed by atoms with E-state index in [2.05, 4.69) is 16.4 Å². The van der Waals surface area contributed by atoms with E-state index in [0.29, 0.717) is 12.2 Å². The minimum atomic E-state index is -0.0145. The number of allylic oxidation sites excluding steroid dienone is 1. The van der Waals surface area contributed by atoms with E-state index in [1.807, 2.05) is 12.1 Å². The van der Waals surface area contributed by atoms with Crippen molar-refractivity contribution in [3.05, 3.63) is 35.7 Å². The zero-order valence-corrected chi connectivity index (χ0v) is 6.63. The van der Waals surface area contributed by atoms with Crippen molar-refractivity contribution in [3.63, 3.8) is 0 Å². The van der Waals surface area contributed by atoms with Crippen LogP contribution in [0.1, 0.15) is 16.1 Å². The van der Waals surface area contributed by atoms with Gasteiger partial charge in [-0.15, -0.1) is 0 Å². The molecule has 0 saturated heterocycles. The number of amides is 1. The van der Waals surface area contributed by atoms with Gasteiger partial charge in [0.15, 0.2) is 0 Å². The molecule has 2 heterocycles. The highest BCUT2D eigenvalue weighted by atomic mass is 16.1. The molecule has 0 radical (unpaired) electrons. The zero-order chi connectivity index (χ0) is 8.39. The summed E-state index contributed by atoms with van der Waals surface area (Å²) < 4.78 is 0. The molecule has 1 aliphatic rings. The predicted octanol–water partition coefficient (Wildman–Crippen LogP) is 0.857. The summed E-state index contributed by atoms with van der Waals surface area (Å²) in [7, 11) is 0. The second-order valence-electron chi connectivity index (χ2n) is 2.76. The number of aromatic nitrogens is 1. The van der Waals surface area contributed by atoms with Crippen molar-refractivity contribution in [1.29, 1.82) is 0 Å². The molecule has 0 atom stereocenters. The van der Waals surface area contributed by atoms with E-state index in [-0.39, 0.29) is 5.91 Å². The molecule has 12 heavy (non-hydrogen) atoms. The van der Waals surface area contributed by atoms with Gasteiger partial charge in [-0.05, 0) is 18.1 Å². The fourth-order valence-corrected chi connectivity index (χ4v) is 1.32. The van der Waals surface area contributed by atoms with Gasteiger partial charge in [0.25, 0.3) is 5.91 Å². The first-order valence-electron chi connectivity index (χ1n) is 3.97. The summed E-state index contributed by atoms with van der Waals surface area (Å²) in [5.41, 5.74) is 1.75. The Morgan fingerprint density at radius 3 is 3.17 bits per heavy atom. The van der Waals surface area contributed by atoms with E-state index in [1.54, 1.807) is 6.20 Å². The van der Waals surface area contributed by atoms with Crippen LogP contribution < -0.4 is 5.32 Å². The lowest BCUT2D eigenvalue weighted by atomic mass is 10.1. The van der Waals surface area contributed by atoms with E-state index in [0.717, 1.165) is 12.0 Å². The number of hydrogen-bond donors (Lipinski definition) is 2. The number of H-pyrrole nitrogens is 1. The van der Waals surface area contributed by atoms with Gasteiger partial charge in [-0.1, -0.05) is 12.2 Å². The average Bonchev–Trinajstić information content (AvgIpc) is 2.47. The molecule has 0 aliphatic carbocycles. The molecule has 1 aromatic rings. The number of aromatic amines is 1. The lowest BCUT2D eigenvalue weighted by Crippen LogP contribution is -2.25. The van der Waals surface area contributed by atoms with Crippen molar-refractivity contribution in [2.45, 2.75) is 6.42 Å². The minimum absolute atomic E-state index is 0.0145. The summed E-state index contributed by atoms with van der Waals surface area (Å²) in [6.45, 7) is 0.622. The summed E-state index contributed by atoms with van der Waals surface area (Å²) in [5, 5.41) is 2.77. The van der Waals surface area contributed by atoms with Crippen molar-refractivity contribution in [3.8, 4) is 0 Å². The Bertz CT molecular complexity index is 325. The monoisotopic (exact) mass is 162 g/mol. The quantitative estimate of drug-likeness (QED) is 0.546. The molecule has 62 valence electrons. The van der Waals surface area contributed by atoms with Crippen LogP contribution in [0.15, 0.2) is 24.4 Å². The lowest BCUT2D eigenvalue weighted by molar-refractivity contribution is 0.0952. The third-order valence-electron chi connectivity index (χ3n) is 1.95. The fourth-order valence-electron chi connectivity index (χ4n) is 1.32. The summed E-state index contributed by atoms with van der Waals surface area (Å²) in [6, 6.07) is 1.94. The van der Waals surface area contributed by atoms with Crippen molar-refractivity contribution >= 4 is 5.91 Å². The Morgan fingerprint density at radius 2 is 2.25 bits per heavy atom. The summed E-state index contributed by atoms with van der Waals surface area (Å²) in [5.74, 6) is -0.0145. The number of nitrogens with one attached hydrogen (secondary N) is 2. The largest absolute Gasteiger partial charge is 0.357 e. The molecule has 1 amide bonds. The van der Waals surface area contributed by atoms with Gasteiger partial charge in [-0.3, -0.25) is 4.79 Å². The van der Waals surface area contributed by atoms with Crippen LogP contribution in [0.5, 0.6) is 0 Å². The molecule has 1 aromatic heterocycles. The van der Waals surface area contributed by atoms with Gasteiger partial charge in [0.2, 0.25) is 0 Å². The smallest absolute Gasteiger partial charge is 0.268 e. The number of carbonyl (C=O) groups excluding carboxylic acids is 1. The van der Waals surface area contributed by atoms with E-state index in [4.69, 9.17) is 0 Å². The highest BCUT2D eigenvalue weighted by Gasteiger charge is 2.11. The maximum atomic E-state index is 11.3. The van der Waals surface area contributed by atoms with Crippen molar-refractivity contribution < 1.29 is 4.79 Å². The first kappa shape index (κ1) is 7.16. The SMILES string of the molecule is O=C1NCC=CCc2cc[nH]c21. The minimum Gasteiger partial charge on any atom is -0.357 e. The van der Waals surface area contributed by atoms with Crippen LogP contribution in [0.4, 0.5) is 0 Å². The maximum Gasteiger partial charge on any atom is 0.268 e. The van der Waals surface area contributed by atoms with E-state index in [9.17, 15) is 4.79 Å². The molecular weight excluding hydrogens is 152 g/mol. The topological polar surface area (TPSA) is 44.9 Å². The van der Waals surface area contributed by atoms with Crippen LogP contribution in [-0.4, -0.2) is 17.4 Å². The summed E-state index contributed by atoms with van der Waals surface area (Å²) >= 11 is 0. The van der Waals surface area contributed by atoms with Crippen molar-refractivity contribution in [2.75, 3.05) is 6.54 Å². The molecule has 3 nitrogen and oxygen atoms in total. The third-order valence-corrected chi connectivity index (χ3v) is 1.95. The predicted molar refractivity (Wildman–Crippen MR) is 46.0 cm³/mol. The Morgan fingerprint density at radius 1 is 1.33 bits per heavy atom. The number of fused-ring (bicyclic) bond motifs is 1. The Labute approximate surface area is 70.5 Å². The Kier molecular flexibility index (Phi) is 1.70. The molecule has 1 aliphatic heterocycles. The molecule has 2 N–H and O–H groups in total. The molecule has 0 spiro atoms. The van der Waals surface area contributed by atoms with E-state index in [1.165, 1.54) is 0 Å². The lowest BCUT2D eigenvalue weighted by Gasteiger charge is -2.05. The highest BCUT2D eigenvalue weighted by Crippen LogP contribution is 2.09. The normalized spacial score (nSPS) is 16.2. The van der Waals surface area contributed by atoms with Gasteiger partial charge >= 0.3 is 0 Å². The fraction of sp³-hybridized carbons (Fsp3) is 0.222. The van der Waals surface area contributed by atoms with Gasteiger partial charge in [0.05, 0.1) is 0 Å². The van der Waals surface area contributed by atoms with E-state index >= 15 is 0 Å². The molecule has 0 bridgehead atoms. The van der Waals surface area contributed by atoms with Crippen molar-refractivity contribution in [1.82, 2.24) is 10.3 Å². The first-order valence-corrected chi connectivity index (χ1v) is 3.97. The molecule has 3 heteroatoms. The Balaban J connectivity index is 2.40. The van der Waals surface area contributed by atoms with Gasteiger partial charge in [0.1, 0.15) is 5.69 Å². The number of carbonyl (C=O) groups is 1. The first-order chi connectivity index (χ1) is 5.88. The molecule has 2 rings (SSSR count). The Hall–Kier alpha value is -1.51. The number of hydrogen-bond acceptors (Lipinski definition) is 1. The standard InChI is InChI=1S/C9H10N2O/c12-9-8-7(4-6-10-8)3-1-2-5-11-9/h1-2,4,6,10H,3,5H2,(H,11,12). The molecule has 0 fully saturated rings. The van der Waals surface area contributed by atoms with Gasteiger partial charge in [0, 0.05) is 12.7 Å². The van der Waals surface area contributed by atoms with Crippen LogP contribution in [0.3, 0.4) is 0 Å². The van der Waals surface area contributed by atoms with Gasteiger partial charge in [-0.25, -0.2) is 0 Å². The number of rotatable bonds is 0. The van der Waals surface area contributed by atoms with Crippen LogP contribution >= 0.6 is 0 Å². The average molecular weight is 162 g/mol. The van der Waals surface area contributed by atoms with Gasteiger partial charge in [-0.2, -0.15) is 0 Å². The molecule has 0 saturated carbocycles. The second kappa shape index (κ2) is 2.85. The summed E-state index contributed by atoms with van der Waals surface area (Å²) in [6.07, 6.45) is 6.66. The van der Waals surface area contributed by atoms with Crippen LogP contribution in [0.25, 0.3) is 0 Å². The van der Waals surface area contributed by atoms with Crippen LogP contribution in [0, 0.1) is 0 Å². The van der Waals surface area contributed by atoms with E-state index < -0.39 is 0 Å². The summed E-state index contributed by atoms with van der Waals surface area (Å²) in [4.78, 5) is 14.3. The molecule has 0 aromatic carbocycles. The molecular formula is C9H10N2O. The third kappa shape index (κ3) is 1.13. The van der Waals surface area contributed by atoms with Crippen molar-refractivity contribution in [2.24, 2.45) is 0 Å². The zero-order valence-electron chi connectivity index (χ0n) is 6.63. The molecule has 0 unspecified atom stereocenters. The van der Waals surface area contributed by atoms with Gasteiger partial charge < -0.3 is 10.3 Å². The van der Waals surface area contributed by atoms with Crippen LogP contribution in [-0.2, 0) is 6.42 Å². The second-order valence-corrected chi connectivity index (χ2v) is 2.76. The maximum absolute atomic E-state index is 11.3. The highest BCUT2D eigenvalue weighted by molar-refractivity contribution is 5.94. The van der Waals surface area contributed by atoms with Crippen LogP contribution in [0.2, 0.25) is 0 Å².